The van der Waals surface area contributed by atoms with Crippen LogP contribution in [0.5, 0.6) is 0 Å². The minimum absolute atomic E-state index is 0.265. The number of aliphatic hydroxyl groups excluding tert-OH is 1. The Morgan fingerprint density at radius 1 is 1.06 bits per heavy atom. The average molecular weight is 258 g/mol. The van der Waals surface area contributed by atoms with E-state index in [-0.39, 0.29) is 12.4 Å². The van der Waals surface area contributed by atoms with E-state index in [1.165, 1.54) is 16.2 Å². The monoisotopic (exact) mass is 258 g/mol. The van der Waals surface area contributed by atoms with Crippen LogP contribution in [0.4, 0.5) is 4.39 Å². The van der Waals surface area contributed by atoms with Crippen molar-refractivity contribution in [3.63, 3.8) is 0 Å². The molecule has 3 heteroatoms. The van der Waals surface area contributed by atoms with Gasteiger partial charge in [-0.1, -0.05) is 30.3 Å². The van der Waals surface area contributed by atoms with Crippen molar-refractivity contribution in [1.82, 2.24) is 0 Å². The highest BCUT2D eigenvalue weighted by molar-refractivity contribution is 7.22. The van der Waals surface area contributed by atoms with Crippen LogP contribution in [-0.4, -0.2) is 5.11 Å². The zero-order chi connectivity index (χ0) is 12.5. The molecule has 1 aromatic heterocycles. The van der Waals surface area contributed by atoms with Crippen molar-refractivity contribution in [2.45, 2.75) is 6.61 Å². The van der Waals surface area contributed by atoms with Gasteiger partial charge in [0.15, 0.2) is 0 Å². The molecule has 3 rings (SSSR count). The highest BCUT2D eigenvalue weighted by Crippen LogP contribution is 2.33. The zero-order valence-corrected chi connectivity index (χ0v) is 10.4. The fourth-order valence-corrected chi connectivity index (χ4v) is 3.01. The molecule has 0 aliphatic rings. The zero-order valence-electron chi connectivity index (χ0n) is 9.56. The number of aliphatic hydroxyl groups is 1. The summed E-state index contributed by atoms with van der Waals surface area (Å²) < 4.78 is 14.8. The number of benzene rings is 2. The van der Waals surface area contributed by atoms with E-state index < -0.39 is 0 Å². The minimum Gasteiger partial charge on any atom is -0.392 e. The Labute approximate surface area is 108 Å². The summed E-state index contributed by atoms with van der Waals surface area (Å²) >= 11 is 1.64. The van der Waals surface area contributed by atoms with Crippen molar-refractivity contribution in [3.05, 3.63) is 59.9 Å². The van der Waals surface area contributed by atoms with Gasteiger partial charge in [0.05, 0.1) is 6.61 Å². The number of hydrogen-bond acceptors (Lipinski definition) is 2. The second-order valence-electron chi connectivity index (χ2n) is 4.11. The molecule has 0 unspecified atom stereocenters. The molecule has 0 saturated carbocycles. The third-order valence-corrected chi connectivity index (χ3v) is 4.10. The summed E-state index contributed by atoms with van der Waals surface area (Å²) in [5, 5.41) is 10.1. The van der Waals surface area contributed by atoms with Gasteiger partial charge in [0.1, 0.15) is 5.82 Å². The van der Waals surface area contributed by atoms with E-state index in [0.717, 1.165) is 10.4 Å². The van der Waals surface area contributed by atoms with Crippen LogP contribution in [-0.2, 0) is 6.61 Å². The lowest BCUT2D eigenvalue weighted by Gasteiger charge is -2.01. The fourth-order valence-electron chi connectivity index (χ4n) is 1.95. The van der Waals surface area contributed by atoms with Crippen LogP contribution >= 0.6 is 11.3 Å². The molecule has 0 fully saturated rings. The number of thiophene rings is 1. The Hall–Kier alpha value is -1.71. The molecule has 0 saturated heterocycles. The molecule has 1 N–H and O–H groups in total. The van der Waals surface area contributed by atoms with Gasteiger partial charge < -0.3 is 5.11 Å². The molecule has 0 aliphatic heterocycles. The number of fused-ring (bicyclic) bond motifs is 1. The Morgan fingerprint density at radius 2 is 1.89 bits per heavy atom. The number of hydrogen-bond donors (Lipinski definition) is 1. The normalized spacial score (nSPS) is 11.0. The quantitative estimate of drug-likeness (QED) is 0.730. The largest absolute Gasteiger partial charge is 0.392 e. The molecular weight excluding hydrogens is 247 g/mol. The van der Waals surface area contributed by atoms with Crippen LogP contribution in [0.3, 0.4) is 0 Å². The van der Waals surface area contributed by atoms with Gasteiger partial charge in [-0.3, -0.25) is 0 Å². The maximum Gasteiger partial charge on any atom is 0.129 e. The second kappa shape index (κ2) is 4.52. The second-order valence-corrected chi connectivity index (χ2v) is 5.20. The molecule has 1 heterocycles. The summed E-state index contributed by atoms with van der Waals surface area (Å²) in [6, 6.07) is 15.1. The first kappa shape index (κ1) is 11.4. The molecule has 2 aromatic carbocycles. The minimum atomic E-state index is -0.354. The molecule has 90 valence electrons. The van der Waals surface area contributed by atoms with Crippen LogP contribution in [0.2, 0.25) is 0 Å². The predicted octanol–water partition coefficient (Wildman–Crippen LogP) is 4.20. The molecule has 1 nitrogen and oxygen atoms in total. The molecule has 3 aromatic rings. The van der Waals surface area contributed by atoms with Gasteiger partial charge in [-0.15, -0.1) is 11.3 Å². The lowest BCUT2D eigenvalue weighted by Crippen LogP contribution is -1.89. The molecule has 18 heavy (non-hydrogen) atoms. The Balaban J connectivity index is 2.11. The van der Waals surface area contributed by atoms with Crippen LogP contribution in [0.15, 0.2) is 48.5 Å². The summed E-state index contributed by atoms with van der Waals surface area (Å²) in [5.41, 5.74) is 1.19. The molecular formula is C15H11FOS. The van der Waals surface area contributed by atoms with Gasteiger partial charge in [-0.25, -0.2) is 4.39 Å². The molecule has 0 amide bonds. The van der Waals surface area contributed by atoms with Gasteiger partial charge >= 0.3 is 0 Å². The summed E-state index contributed by atoms with van der Waals surface area (Å²) in [6.07, 6.45) is 0. The van der Waals surface area contributed by atoms with Gasteiger partial charge in [-0.2, -0.15) is 0 Å². The Bertz CT molecular complexity index is 670. The third kappa shape index (κ3) is 1.92. The van der Waals surface area contributed by atoms with E-state index in [9.17, 15) is 4.39 Å². The van der Waals surface area contributed by atoms with Crippen molar-refractivity contribution < 1.29 is 9.50 Å². The third-order valence-electron chi connectivity index (χ3n) is 2.93. The van der Waals surface area contributed by atoms with Gasteiger partial charge in [-0.05, 0) is 29.1 Å². The topological polar surface area (TPSA) is 20.2 Å². The van der Waals surface area contributed by atoms with Crippen molar-refractivity contribution in [2.24, 2.45) is 0 Å². The maximum absolute atomic E-state index is 13.6. The number of halogens is 1. The van der Waals surface area contributed by atoms with Crippen LogP contribution < -0.4 is 0 Å². The van der Waals surface area contributed by atoms with E-state index in [1.54, 1.807) is 17.4 Å². The number of rotatable bonds is 2. The van der Waals surface area contributed by atoms with E-state index in [2.05, 4.69) is 12.1 Å². The predicted molar refractivity (Wildman–Crippen MR) is 73.1 cm³/mol. The lowest BCUT2D eigenvalue weighted by molar-refractivity contribution is 0.276. The molecule has 0 aliphatic carbocycles. The average Bonchev–Trinajstić information content (AvgIpc) is 2.82. The van der Waals surface area contributed by atoms with Crippen molar-refractivity contribution in [1.29, 1.82) is 0 Å². The summed E-state index contributed by atoms with van der Waals surface area (Å²) in [6.45, 7) is -0.265. The van der Waals surface area contributed by atoms with Crippen molar-refractivity contribution in [2.75, 3.05) is 0 Å². The molecule has 0 spiro atoms. The maximum atomic E-state index is 13.6. The SMILES string of the molecule is OCc1ccc(-c2cc3ccccc3s2)cc1F. The van der Waals surface area contributed by atoms with E-state index >= 15 is 0 Å². The molecule has 0 radical (unpaired) electrons. The molecule has 0 atom stereocenters. The first-order valence-corrected chi connectivity index (χ1v) is 6.48. The van der Waals surface area contributed by atoms with Gasteiger partial charge in [0, 0.05) is 15.1 Å². The van der Waals surface area contributed by atoms with E-state index in [0.29, 0.717) is 5.56 Å². The standard InChI is InChI=1S/C15H11FOS/c16-13-7-11(5-6-12(13)9-17)15-8-10-3-1-2-4-14(10)18-15/h1-8,17H,9H2. The van der Waals surface area contributed by atoms with Crippen LogP contribution in [0.1, 0.15) is 5.56 Å². The Morgan fingerprint density at radius 3 is 2.61 bits per heavy atom. The fraction of sp³-hybridized carbons (Fsp3) is 0.0667. The lowest BCUT2D eigenvalue weighted by atomic mass is 10.1. The summed E-state index contributed by atoms with van der Waals surface area (Å²) in [5.74, 6) is -0.354. The van der Waals surface area contributed by atoms with Gasteiger partial charge in [0.25, 0.3) is 0 Å². The highest BCUT2D eigenvalue weighted by Gasteiger charge is 2.07. The summed E-state index contributed by atoms with van der Waals surface area (Å²) in [7, 11) is 0. The smallest absolute Gasteiger partial charge is 0.129 e. The van der Waals surface area contributed by atoms with Gasteiger partial charge in [0.2, 0.25) is 0 Å². The first-order chi connectivity index (χ1) is 8.78. The Kier molecular flexibility index (Phi) is 2.86. The molecule has 0 bridgehead atoms. The van der Waals surface area contributed by atoms with Crippen molar-refractivity contribution >= 4 is 21.4 Å². The van der Waals surface area contributed by atoms with E-state index in [1.807, 2.05) is 24.3 Å². The first-order valence-electron chi connectivity index (χ1n) is 5.66. The highest BCUT2D eigenvalue weighted by atomic mass is 32.1. The van der Waals surface area contributed by atoms with Crippen molar-refractivity contribution in [3.8, 4) is 10.4 Å². The van der Waals surface area contributed by atoms with Crippen LogP contribution in [0, 0.1) is 5.82 Å². The summed E-state index contributed by atoms with van der Waals surface area (Å²) in [4.78, 5) is 1.04. The van der Waals surface area contributed by atoms with E-state index in [4.69, 9.17) is 5.11 Å². The van der Waals surface area contributed by atoms with Crippen LogP contribution in [0.25, 0.3) is 20.5 Å².